The Morgan fingerprint density at radius 1 is 1.35 bits per heavy atom. The van der Waals surface area contributed by atoms with Crippen LogP contribution in [0.5, 0.6) is 0 Å². The number of cyclic esters (lactones) is 1. The summed E-state index contributed by atoms with van der Waals surface area (Å²) in [6.45, 7) is 11.8. The molecule has 7 heteroatoms. The zero-order chi connectivity index (χ0) is 16.4. The van der Waals surface area contributed by atoms with Crippen molar-refractivity contribution in [2.45, 2.75) is 19.4 Å². The Labute approximate surface area is 134 Å². The predicted octanol–water partition coefficient (Wildman–Crippen LogP) is 2.52. The molecule has 2 aliphatic heterocycles. The van der Waals surface area contributed by atoms with E-state index in [1.54, 1.807) is 17.1 Å². The van der Waals surface area contributed by atoms with Gasteiger partial charge in [-0.05, 0) is 24.6 Å². The van der Waals surface area contributed by atoms with Crippen molar-refractivity contribution in [2.24, 2.45) is 0 Å². The van der Waals surface area contributed by atoms with Crippen molar-refractivity contribution < 1.29 is 13.9 Å². The van der Waals surface area contributed by atoms with Crippen LogP contribution in [0.25, 0.3) is 4.95 Å². The second-order valence-electron chi connectivity index (χ2n) is 5.70. The highest BCUT2D eigenvalue weighted by molar-refractivity contribution is 5.90. The SMILES string of the molecule is [C-]#[N+]N1CCN(c2ccc(N3C[C@H](CC)OC3=O)cc2F)CC1. The zero-order valence-electron chi connectivity index (χ0n) is 13.0. The van der Waals surface area contributed by atoms with E-state index in [0.29, 0.717) is 44.1 Å². The first kappa shape index (κ1) is 15.4. The molecule has 0 N–H and O–H groups in total. The molecule has 0 aromatic heterocycles. The fraction of sp³-hybridized carbons (Fsp3) is 0.500. The van der Waals surface area contributed by atoms with Crippen LogP contribution in [0, 0.1) is 12.4 Å². The molecule has 1 atom stereocenters. The van der Waals surface area contributed by atoms with Crippen LogP contribution in [-0.4, -0.2) is 49.9 Å². The van der Waals surface area contributed by atoms with Gasteiger partial charge in [0.05, 0.1) is 17.9 Å². The summed E-state index contributed by atoms with van der Waals surface area (Å²) in [4.78, 5) is 18.6. The second kappa shape index (κ2) is 6.32. The molecule has 1 aromatic carbocycles. The first-order valence-electron chi connectivity index (χ1n) is 7.77. The van der Waals surface area contributed by atoms with E-state index in [-0.39, 0.29) is 11.9 Å². The lowest BCUT2D eigenvalue weighted by Crippen LogP contribution is -2.43. The van der Waals surface area contributed by atoms with Crippen LogP contribution in [0.4, 0.5) is 20.6 Å². The van der Waals surface area contributed by atoms with E-state index < -0.39 is 6.09 Å². The number of piperazine rings is 1. The van der Waals surface area contributed by atoms with Crippen molar-refractivity contribution in [3.05, 3.63) is 35.5 Å². The summed E-state index contributed by atoms with van der Waals surface area (Å²) in [5.41, 5.74) is 1.03. The lowest BCUT2D eigenvalue weighted by molar-refractivity contribution is 0.139. The minimum absolute atomic E-state index is 0.132. The van der Waals surface area contributed by atoms with Gasteiger partial charge >= 0.3 is 6.09 Å². The summed E-state index contributed by atoms with van der Waals surface area (Å²) >= 11 is 0. The lowest BCUT2D eigenvalue weighted by atomic mass is 10.2. The van der Waals surface area contributed by atoms with Crippen molar-refractivity contribution in [3.63, 3.8) is 0 Å². The van der Waals surface area contributed by atoms with E-state index in [2.05, 4.69) is 4.95 Å². The minimum atomic E-state index is -0.422. The first-order valence-corrected chi connectivity index (χ1v) is 7.77. The molecule has 2 heterocycles. The Morgan fingerprint density at radius 3 is 2.65 bits per heavy atom. The third-order valence-corrected chi connectivity index (χ3v) is 4.31. The normalized spacial score (nSPS) is 21.3. The molecule has 0 spiro atoms. The van der Waals surface area contributed by atoms with E-state index in [1.807, 2.05) is 11.8 Å². The molecule has 1 amide bonds. The number of nitrogens with zero attached hydrogens (tertiary/aromatic N) is 4. The number of benzene rings is 1. The molecular weight excluding hydrogens is 299 g/mol. The molecule has 0 bridgehead atoms. The second-order valence-corrected chi connectivity index (χ2v) is 5.70. The Balaban J connectivity index is 1.74. The smallest absolute Gasteiger partial charge is 0.414 e. The topological polar surface area (TPSA) is 40.4 Å². The number of carbonyl (C=O) groups is 1. The summed E-state index contributed by atoms with van der Waals surface area (Å²) in [5.74, 6) is -0.355. The summed E-state index contributed by atoms with van der Waals surface area (Å²) in [7, 11) is 0. The first-order chi connectivity index (χ1) is 11.1. The van der Waals surface area contributed by atoms with Crippen LogP contribution in [0.2, 0.25) is 0 Å². The van der Waals surface area contributed by atoms with E-state index in [9.17, 15) is 9.18 Å². The van der Waals surface area contributed by atoms with Crippen molar-refractivity contribution in [1.29, 1.82) is 0 Å². The number of halogens is 1. The highest BCUT2D eigenvalue weighted by atomic mass is 19.1. The van der Waals surface area contributed by atoms with Crippen molar-refractivity contribution in [3.8, 4) is 0 Å². The fourth-order valence-electron chi connectivity index (χ4n) is 2.90. The molecule has 122 valence electrons. The van der Waals surface area contributed by atoms with Gasteiger partial charge in [0.1, 0.15) is 25.0 Å². The van der Waals surface area contributed by atoms with Crippen LogP contribution in [0.15, 0.2) is 18.2 Å². The summed E-state index contributed by atoms with van der Waals surface area (Å²) in [6.07, 6.45) is 0.190. The monoisotopic (exact) mass is 318 g/mol. The van der Waals surface area contributed by atoms with Gasteiger partial charge in [-0.25, -0.2) is 9.18 Å². The summed E-state index contributed by atoms with van der Waals surface area (Å²) in [6, 6.07) is 4.83. The van der Waals surface area contributed by atoms with Crippen LogP contribution in [-0.2, 0) is 4.74 Å². The molecule has 0 saturated carbocycles. The summed E-state index contributed by atoms with van der Waals surface area (Å²) < 4.78 is 19.7. The Kier molecular flexibility index (Phi) is 4.24. The minimum Gasteiger partial charge on any atom is -0.444 e. The van der Waals surface area contributed by atoms with Gasteiger partial charge in [-0.1, -0.05) is 6.92 Å². The van der Waals surface area contributed by atoms with Crippen LogP contribution in [0.3, 0.4) is 0 Å². The van der Waals surface area contributed by atoms with Crippen molar-refractivity contribution >= 4 is 17.5 Å². The number of ether oxygens (including phenoxy) is 1. The van der Waals surface area contributed by atoms with E-state index in [1.165, 1.54) is 11.0 Å². The summed E-state index contributed by atoms with van der Waals surface area (Å²) in [5, 5.41) is 1.65. The molecule has 2 fully saturated rings. The van der Waals surface area contributed by atoms with Crippen LogP contribution in [0.1, 0.15) is 13.3 Å². The van der Waals surface area contributed by atoms with Gasteiger partial charge in [0.15, 0.2) is 0 Å². The molecule has 2 saturated heterocycles. The van der Waals surface area contributed by atoms with Gasteiger partial charge < -0.3 is 9.64 Å². The van der Waals surface area contributed by atoms with Gasteiger partial charge in [-0.15, -0.1) is 5.01 Å². The lowest BCUT2D eigenvalue weighted by Gasteiger charge is -2.31. The number of hydrogen-bond donors (Lipinski definition) is 0. The molecule has 23 heavy (non-hydrogen) atoms. The van der Waals surface area contributed by atoms with Crippen LogP contribution < -0.4 is 9.80 Å². The number of anilines is 2. The predicted molar refractivity (Wildman–Crippen MR) is 84.7 cm³/mol. The molecule has 2 aliphatic rings. The largest absolute Gasteiger partial charge is 0.444 e. The third-order valence-electron chi connectivity index (χ3n) is 4.31. The highest BCUT2D eigenvalue weighted by Crippen LogP contribution is 2.29. The fourth-order valence-corrected chi connectivity index (χ4v) is 2.90. The molecule has 0 aliphatic carbocycles. The van der Waals surface area contributed by atoms with Crippen molar-refractivity contribution in [1.82, 2.24) is 5.01 Å². The molecule has 0 unspecified atom stereocenters. The average Bonchev–Trinajstić information content (AvgIpc) is 2.96. The van der Waals surface area contributed by atoms with Gasteiger partial charge in [0.2, 0.25) is 0 Å². The number of hydrogen-bond acceptors (Lipinski definition) is 4. The van der Waals surface area contributed by atoms with Crippen molar-refractivity contribution in [2.75, 3.05) is 42.5 Å². The van der Waals surface area contributed by atoms with Gasteiger partial charge in [0, 0.05) is 13.1 Å². The van der Waals surface area contributed by atoms with Gasteiger partial charge in [-0.2, -0.15) is 11.5 Å². The maximum Gasteiger partial charge on any atom is 0.414 e. The van der Waals surface area contributed by atoms with E-state index >= 15 is 0 Å². The quantitative estimate of drug-likeness (QED) is 0.803. The van der Waals surface area contributed by atoms with Gasteiger partial charge in [0.25, 0.3) is 0 Å². The molecule has 6 nitrogen and oxygen atoms in total. The number of rotatable bonds is 3. The average molecular weight is 318 g/mol. The highest BCUT2D eigenvalue weighted by Gasteiger charge is 2.32. The molecular formula is C16H19FN4O2. The Bertz CT molecular complexity index is 637. The van der Waals surface area contributed by atoms with Crippen LogP contribution >= 0.6 is 0 Å². The maximum atomic E-state index is 14.5. The van der Waals surface area contributed by atoms with E-state index in [4.69, 9.17) is 11.3 Å². The number of amides is 1. The maximum absolute atomic E-state index is 14.5. The molecule has 3 rings (SSSR count). The Morgan fingerprint density at radius 2 is 2.09 bits per heavy atom. The Hall–Kier alpha value is -2.49. The molecule has 0 radical (unpaired) electrons. The third kappa shape index (κ3) is 3.02. The van der Waals surface area contributed by atoms with E-state index in [0.717, 1.165) is 6.42 Å². The number of carbonyl (C=O) groups excluding carboxylic acids is 1. The zero-order valence-corrected chi connectivity index (χ0v) is 13.0. The standard InChI is InChI=1S/C16H19FN4O2/c1-3-13-11-21(16(22)23-13)12-4-5-15(14(17)10-12)19-6-8-20(18-2)9-7-19/h4-5,10,13H,3,6-9,11H2,1H3/t13-/m0/s1. The molecule has 1 aromatic rings. The van der Waals surface area contributed by atoms with Gasteiger partial charge in [-0.3, -0.25) is 4.90 Å².